The molecule has 1 N–H and O–H groups in total. The number of fused-ring (bicyclic) bond motifs is 1. The maximum Gasteiger partial charge on any atom is 0.224 e. The van der Waals surface area contributed by atoms with Gasteiger partial charge in [-0.05, 0) is 42.3 Å². The van der Waals surface area contributed by atoms with Gasteiger partial charge < -0.3 is 23.9 Å². The van der Waals surface area contributed by atoms with E-state index in [4.69, 9.17) is 18.6 Å². The first-order valence-electron chi connectivity index (χ1n) is 8.50. The summed E-state index contributed by atoms with van der Waals surface area (Å²) in [5.74, 6) is 2.17. The van der Waals surface area contributed by atoms with Crippen LogP contribution in [-0.2, 0) is 11.2 Å². The van der Waals surface area contributed by atoms with Gasteiger partial charge in [0.2, 0.25) is 11.7 Å². The standard InChI is InChI=1S/C20H22N2O5/c1-12-21-15-11-14(6-7-16(15)27-12)22-19(23)8-5-13-9-17(24-2)20(26-4)18(10-13)25-3/h6-7,9-11H,5,8H2,1-4H3,(H,22,23). The molecule has 1 aromatic heterocycles. The number of methoxy groups -OCH3 is 3. The molecule has 2 aromatic carbocycles. The Morgan fingerprint density at radius 3 is 2.41 bits per heavy atom. The third kappa shape index (κ3) is 4.13. The van der Waals surface area contributed by atoms with Crippen molar-refractivity contribution in [3.8, 4) is 17.2 Å². The number of ether oxygens (including phenoxy) is 3. The number of amides is 1. The van der Waals surface area contributed by atoms with Gasteiger partial charge in [-0.3, -0.25) is 4.79 Å². The fourth-order valence-corrected chi connectivity index (χ4v) is 2.88. The van der Waals surface area contributed by atoms with Gasteiger partial charge in [-0.25, -0.2) is 4.98 Å². The second kappa shape index (κ2) is 7.99. The van der Waals surface area contributed by atoms with Gasteiger partial charge in [-0.15, -0.1) is 0 Å². The number of carbonyl (C=O) groups is 1. The maximum atomic E-state index is 12.3. The first kappa shape index (κ1) is 18.6. The number of anilines is 1. The molecular formula is C20H22N2O5. The van der Waals surface area contributed by atoms with Gasteiger partial charge in [-0.1, -0.05) is 0 Å². The second-order valence-electron chi connectivity index (χ2n) is 6.00. The van der Waals surface area contributed by atoms with Crippen LogP contribution in [0, 0.1) is 6.92 Å². The Kier molecular flexibility index (Phi) is 5.49. The minimum absolute atomic E-state index is 0.0941. The lowest BCUT2D eigenvalue weighted by Gasteiger charge is -2.14. The van der Waals surface area contributed by atoms with Crippen LogP contribution in [0.15, 0.2) is 34.7 Å². The van der Waals surface area contributed by atoms with Crippen LogP contribution in [0.5, 0.6) is 17.2 Å². The number of hydrogen-bond acceptors (Lipinski definition) is 6. The largest absolute Gasteiger partial charge is 0.493 e. The molecule has 0 fully saturated rings. The molecule has 0 aliphatic rings. The minimum Gasteiger partial charge on any atom is -0.493 e. The minimum atomic E-state index is -0.0941. The molecule has 0 spiro atoms. The Bertz CT molecular complexity index is 939. The average Bonchev–Trinajstić information content (AvgIpc) is 3.04. The average molecular weight is 370 g/mol. The third-order valence-electron chi connectivity index (χ3n) is 4.14. The fraction of sp³-hybridized carbons (Fsp3) is 0.300. The topological polar surface area (TPSA) is 82.8 Å². The first-order chi connectivity index (χ1) is 13.0. The van der Waals surface area contributed by atoms with Crippen LogP contribution < -0.4 is 19.5 Å². The SMILES string of the molecule is COc1cc(CCC(=O)Nc2ccc3oc(C)nc3c2)cc(OC)c1OC. The summed E-state index contributed by atoms with van der Waals surface area (Å²) in [7, 11) is 4.69. The van der Waals surface area contributed by atoms with Gasteiger partial charge in [0.15, 0.2) is 23.0 Å². The van der Waals surface area contributed by atoms with E-state index in [0.717, 1.165) is 11.1 Å². The molecule has 0 radical (unpaired) electrons. The van der Waals surface area contributed by atoms with Crippen molar-refractivity contribution < 1.29 is 23.4 Å². The molecule has 1 heterocycles. The quantitative estimate of drug-likeness (QED) is 0.682. The molecule has 0 saturated carbocycles. The van der Waals surface area contributed by atoms with E-state index < -0.39 is 0 Å². The Hall–Kier alpha value is -3.22. The molecule has 3 rings (SSSR count). The molecule has 0 aliphatic heterocycles. The highest BCUT2D eigenvalue weighted by Gasteiger charge is 2.14. The summed E-state index contributed by atoms with van der Waals surface area (Å²) in [6.45, 7) is 1.79. The van der Waals surface area contributed by atoms with E-state index in [1.165, 1.54) is 0 Å². The van der Waals surface area contributed by atoms with Gasteiger partial charge in [0.05, 0.1) is 21.3 Å². The summed E-state index contributed by atoms with van der Waals surface area (Å²) in [6.07, 6.45) is 0.850. The summed E-state index contributed by atoms with van der Waals surface area (Å²) in [5.41, 5.74) is 3.02. The van der Waals surface area contributed by atoms with E-state index in [1.807, 2.05) is 12.1 Å². The second-order valence-corrected chi connectivity index (χ2v) is 6.00. The number of nitrogens with zero attached hydrogens (tertiary/aromatic N) is 1. The van der Waals surface area contributed by atoms with Crippen molar-refractivity contribution >= 4 is 22.7 Å². The van der Waals surface area contributed by atoms with E-state index in [9.17, 15) is 4.79 Å². The Morgan fingerprint density at radius 1 is 1.07 bits per heavy atom. The van der Waals surface area contributed by atoms with E-state index in [0.29, 0.717) is 47.3 Å². The van der Waals surface area contributed by atoms with Crippen molar-refractivity contribution in [2.75, 3.05) is 26.6 Å². The van der Waals surface area contributed by atoms with Crippen LogP contribution in [0.1, 0.15) is 17.9 Å². The zero-order valence-corrected chi connectivity index (χ0v) is 15.8. The van der Waals surface area contributed by atoms with Crippen LogP contribution >= 0.6 is 0 Å². The third-order valence-corrected chi connectivity index (χ3v) is 4.14. The number of nitrogens with one attached hydrogen (secondary N) is 1. The van der Waals surface area contributed by atoms with Crippen molar-refractivity contribution in [3.05, 3.63) is 41.8 Å². The van der Waals surface area contributed by atoms with Gasteiger partial charge in [0, 0.05) is 19.0 Å². The van der Waals surface area contributed by atoms with E-state index in [1.54, 1.807) is 46.5 Å². The molecule has 0 unspecified atom stereocenters. The maximum absolute atomic E-state index is 12.3. The van der Waals surface area contributed by atoms with E-state index in [-0.39, 0.29) is 5.91 Å². The van der Waals surface area contributed by atoms with Crippen LogP contribution in [0.3, 0.4) is 0 Å². The molecule has 3 aromatic rings. The van der Waals surface area contributed by atoms with Crippen molar-refractivity contribution in [1.29, 1.82) is 0 Å². The molecule has 0 saturated heterocycles. The Labute approximate surface area is 157 Å². The fourth-order valence-electron chi connectivity index (χ4n) is 2.88. The zero-order chi connectivity index (χ0) is 19.4. The molecule has 27 heavy (non-hydrogen) atoms. The highest BCUT2D eigenvalue weighted by Crippen LogP contribution is 2.38. The molecule has 7 nitrogen and oxygen atoms in total. The van der Waals surface area contributed by atoms with E-state index >= 15 is 0 Å². The smallest absolute Gasteiger partial charge is 0.224 e. The number of benzene rings is 2. The number of oxazole rings is 1. The Balaban J connectivity index is 1.67. The highest BCUT2D eigenvalue weighted by molar-refractivity contribution is 5.92. The summed E-state index contributed by atoms with van der Waals surface area (Å²) in [4.78, 5) is 16.6. The lowest BCUT2D eigenvalue weighted by Crippen LogP contribution is -2.12. The van der Waals surface area contributed by atoms with Crippen LogP contribution in [-0.4, -0.2) is 32.2 Å². The molecule has 7 heteroatoms. The summed E-state index contributed by atoms with van der Waals surface area (Å²) in [6, 6.07) is 9.08. The lowest BCUT2D eigenvalue weighted by atomic mass is 10.1. The van der Waals surface area contributed by atoms with Gasteiger partial charge in [0.1, 0.15) is 5.52 Å². The number of rotatable bonds is 7. The normalized spacial score (nSPS) is 10.7. The Morgan fingerprint density at radius 2 is 1.78 bits per heavy atom. The lowest BCUT2D eigenvalue weighted by molar-refractivity contribution is -0.116. The van der Waals surface area contributed by atoms with Gasteiger partial charge >= 0.3 is 0 Å². The van der Waals surface area contributed by atoms with Crippen LogP contribution in [0.25, 0.3) is 11.1 Å². The zero-order valence-electron chi connectivity index (χ0n) is 15.8. The van der Waals surface area contributed by atoms with E-state index in [2.05, 4.69) is 10.3 Å². The summed E-state index contributed by atoms with van der Waals surface area (Å²) in [5, 5.41) is 2.89. The first-order valence-corrected chi connectivity index (χ1v) is 8.50. The van der Waals surface area contributed by atoms with Crippen molar-refractivity contribution in [1.82, 2.24) is 4.98 Å². The summed E-state index contributed by atoms with van der Waals surface area (Å²) >= 11 is 0. The number of aromatic nitrogens is 1. The van der Waals surface area contributed by atoms with Gasteiger partial charge in [-0.2, -0.15) is 0 Å². The van der Waals surface area contributed by atoms with Crippen molar-refractivity contribution in [3.63, 3.8) is 0 Å². The molecular weight excluding hydrogens is 348 g/mol. The number of hydrogen-bond donors (Lipinski definition) is 1. The van der Waals surface area contributed by atoms with Crippen LogP contribution in [0.4, 0.5) is 5.69 Å². The molecule has 0 bridgehead atoms. The molecule has 0 atom stereocenters. The number of aryl methyl sites for hydroxylation is 2. The van der Waals surface area contributed by atoms with Crippen molar-refractivity contribution in [2.45, 2.75) is 19.8 Å². The van der Waals surface area contributed by atoms with Crippen molar-refractivity contribution in [2.24, 2.45) is 0 Å². The summed E-state index contributed by atoms with van der Waals surface area (Å²) < 4.78 is 21.4. The predicted octanol–water partition coefficient (Wildman–Crippen LogP) is 3.73. The molecule has 0 aliphatic carbocycles. The molecule has 142 valence electrons. The van der Waals surface area contributed by atoms with Gasteiger partial charge in [0.25, 0.3) is 0 Å². The monoisotopic (exact) mass is 370 g/mol. The van der Waals surface area contributed by atoms with Crippen LogP contribution in [0.2, 0.25) is 0 Å². The molecule has 1 amide bonds. The highest BCUT2D eigenvalue weighted by atomic mass is 16.5. The number of carbonyl (C=O) groups excluding carboxylic acids is 1. The predicted molar refractivity (Wildman–Crippen MR) is 102 cm³/mol.